The highest BCUT2D eigenvalue weighted by atomic mass is 28.4. The Morgan fingerprint density at radius 3 is 2.40 bits per heavy atom. The predicted octanol–water partition coefficient (Wildman–Crippen LogP) is 5.50. The maximum atomic E-state index is 6.49. The van der Waals surface area contributed by atoms with Crippen molar-refractivity contribution in [3.63, 3.8) is 0 Å². The van der Waals surface area contributed by atoms with Crippen LogP contribution in [-0.4, -0.2) is 23.1 Å². The van der Waals surface area contributed by atoms with E-state index in [1.165, 1.54) is 0 Å². The van der Waals surface area contributed by atoms with Crippen molar-refractivity contribution in [3.8, 4) is 5.69 Å². The standard InChI is InChI=1S/C20H27N3OSi/c1-15(24-25(5,6)20(2,3)4)16-12-18-19(21-13-16)14-23(22-18)17-10-8-7-9-11-17/h7-15H,1-6H3. The van der Waals surface area contributed by atoms with Crippen LogP contribution in [0, 0.1) is 0 Å². The summed E-state index contributed by atoms with van der Waals surface area (Å²) in [5.41, 5.74) is 3.91. The number of rotatable bonds is 4. The summed E-state index contributed by atoms with van der Waals surface area (Å²) in [5.74, 6) is 0. The van der Waals surface area contributed by atoms with Crippen LogP contribution in [0.25, 0.3) is 16.7 Å². The molecule has 0 aliphatic heterocycles. The number of pyridine rings is 1. The van der Waals surface area contributed by atoms with E-state index in [1.54, 1.807) is 0 Å². The average Bonchev–Trinajstić information content (AvgIpc) is 2.97. The zero-order chi connectivity index (χ0) is 18.2. The zero-order valence-electron chi connectivity index (χ0n) is 15.9. The van der Waals surface area contributed by atoms with Gasteiger partial charge in [0.2, 0.25) is 0 Å². The van der Waals surface area contributed by atoms with Crippen molar-refractivity contribution >= 4 is 19.4 Å². The second-order valence-electron chi connectivity index (χ2n) is 8.10. The minimum absolute atomic E-state index is 0.0136. The third-order valence-corrected chi connectivity index (χ3v) is 9.70. The second kappa shape index (κ2) is 6.39. The van der Waals surface area contributed by atoms with Crippen LogP contribution in [0.1, 0.15) is 39.4 Å². The first-order valence-corrected chi connectivity index (χ1v) is 11.7. The fourth-order valence-corrected chi connectivity index (χ4v) is 3.92. The molecule has 3 aromatic rings. The number of aromatic nitrogens is 3. The van der Waals surface area contributed by atoms with Crippen molar-refractivity contribution in [2.75, 3.05) is 0 Å². The highest BCUT2D eigenvalue weighted by Crippen LogP contribution is 2.39. The van der Waals surface area contributed by atoms with E-state index in [4.69, 9.17) is 4.43 Å². The Morgan fingerprint density at radius 1 is 1.08 bits per heavy atom. The first-order chi connectivity index (χ1) is 11.7. The Bertz CT molecular complexity index is 866. The van der Waals surface area contributed by atoms with Crippen LogP contribution in [-0.2, 0) is 4.43 Å². The van der Waals surface area contributed by atoms with Gasteiger partial charge in [-0.3, -0.25) is 4.98 Å². The van der Waals surface area contributed by atoms with Gasteiger partial charge in [0.25, 0.3) is 0 Å². The first-order valence-electron chi connectivity index (χ1n) is 8.76. The van der Waals surface area contributed by atoms with Crippen molar-refractivity contribution in [1.82, 2.24) is 14.8 Å². The molecule has 0 radical (unpaired) electrons. The molecule has 0 N–H and O–H groups in total. The number of fused-ring (bicyclic) bond motifs is 1. The molecule has 1 aromatic carbocycles. The van der Waals surface area contributed by atoms with E-state index in [2.05, 4.69) is 56.9 Å². The van der Waals surface area contributed by atoms with Crippen molar-refractivity contribution < 1.29 is 4.43 Å². The third-order valence-electron chi connectivity index (χ3n) is 5.15. The van der Waals surface area contributed by atoms with Gasteiger partial charge >= 0.3 is 0 Å². The summed E-state index contributed by atoms with van der Waals surface area (Å²) in [6.45, 7) is 13.4. The molecule has 2 aromatic heterocycles. The van der Waals surface area contributed by atoms with Crippen LogP contribution in [0.3, 0.4) is 0 Å². The molecule has 2 heterocycles. The Kier molecular flexibility index (Phi) is 4.56. The molecule has 3 rings (SSSR count). The predicted molar refractivity (Wildman–Crippen MR) is 106 cm³/mol. The molecule has 25 heavy (non-hydrogen) atoms. The van der Waals surface area contributed by atoms with Crippen molar-refractivity contribution in [3.05, 3.63) is 54.4 Å². The minimum atomic E-state index is -1.82. The summed E-state index contributed by atoms with van der Waals surface area (Å²) in [6, 6.07) is 12.2. The smallest absolute Gasteiger partial charge is 0.192 e. The molecular formula is C20H27N3OSi. The second-order valence-corrected chi connectivity index (χ2v) is 12.9. The molecule has 1 unspecified atom stereocenters. The quantitative estimate of drug-likeness (QED) is 0.581. The van der Waals surface area contributed by atoms with Crippen molar-refractivity contribution in [2.24, 2.45) is 0 Å². The molecule has 0 bridgehead atoms. The lowest BCUT2D eigenvalue weighted by molar-refractivity contribution is 0.203. The van der Waals surface area contributed by atoms with E-state index in [9.17, 15) is 0 Å². The van der Waals surface area contributed by atoms with E-state index in [0.717, 1.165) is 22.3 Å². The van der Waals surface area contributed by atoms with Gasteiger partial charge < -0.3 is 4.43 Å². The van der Waals surface area contributed by atoms with Gasteiger partial charge in [-0.05, 0) is 48.8 Å². The Balaban J connectivity index is 1.88. The molecule has 5 heteroatoms. The van der Waals surface area contributed by atoms with Gasteiger partial charge in [0.15, 0.2) is 8.32 Å². The van der Waals surface area contributed by atoms with E-state index in [0.29, 0.717) is 0 Å². The third kappa shape index (κ3) is 3.67. The molecule has 0 saturated heterocycles. The molecule has 132 valence electrons. The number of para-hydroxylation sites is 1. The molecule has 4 nitrogen and oxygen atoms in total. The van der Waals surface area contributed by atoms with Crippen molar-refractivity contribution in [1.29, 1.82) is 0 Å². The van der Waals surface area contributed by atoms with Gasteiger partial charge in [-0.25, -0.2) is 4.68 Å². The average molecular weight is 354 g/mol. The van der Waals surface area contributed by atoms with Crippen LogP contribution in [0.4, 0.5) is 0 Å². The molecule has 0 aliphatic carbocycles. The Morgan fingerprint density at radius 2 is 1.76 bits per heavy atom. The summed E-state index contributed by atoms with van der Waals surface area (Å²) in [5, 5.41) is 4.87. The summed E-state index contributed by atoms with van der Waals surface area (Å²) in [6.07, 6.45) is 3.89. The maximum Gasteiger partial charge on any atom is 0.192 e. The van der Waals surface area contributed by atoms with Crippen LogP contribution < -0.4 is 0 Å². The molecule has 1 atom stereocenters. The van der Waals surface area contributed by atoms with E-state index >= 15 is 0 Å². The fraction of sp³-hybridized carbons (Fsp3) is 0.400. The summed E-state index contributed by atoms with van der Waals surface area (Å²) < 4.78 is 8.37. The van der Waals surface area contributed by atoms with Gasteiger partial charge in [0.05, 0.1) is 18.0 Å². The highest BCUT2D eigenvalue weighted by Gasteiger charge is 2.38. The number of hydrogen-bond acceptors (Lipinski definition) is 3. The topological polar surface area (TPSA) is 39.9 Å². The van der Waals surface area contributed by atoms with Crippen molar-refractivity contribution in [2.45, 2.75) is 51.9 Å². The van der Waals surface area contributed by atoms with E-state index in [1.807, 2.05) is 47.4 Å². The number of benzene rings is 1. The van der Waals surface area contributed by atoms with Gasteiger partial charge in [-0.1, -0.05) is 39.0 Å². The lowest BCUT2D eigenvalue weighted by atomic mass is 10.2. The maximum absolute atomic E-state index is 6.49. The van der Waals surface area contributed by atoms with Gasteiger partial charge in [0, 0.05) is 6.20 Å². The van der Waals surface area contributed by atoms with E-state index in [-0.39, 0.29) is 11.1 Å². The monoisotopic (exact) mass is 353 g/mol. The normalized spacial score (nSPS) is 14.0. The van der Waals surface area contributed by atoms with E-state index < -0.39 is 8.32 Å². The Hall–Kier alpha value is -1.98. The largest absolute Gasteiger partial charge is 0.410 e. The molecule has 0 amide bonds. The van der Waals surface area contributed by atoms with Gasteiger partial charge in [-0.2, -0.15) is 5.10 Å². The minimum Gasteiger partial charge on any atom is -0.410 e. The molecule has 0 saturated carbocycles. The summed E-state index contributed by atoms with van der Waals surface area (Å²) in [7, 11) is -1.82. The summed E-state index contributed by atoms with van der Waals surface area (Å²) >= 11 is 0. The first kappa shape index (κ1) is 17.8. The lowest BCUT2D eigenvalue weighted by Crippen LogP contribution is -2.41. The SMILES string of the molecule is CC(O[Si](C)(C)C(C)(C)C)c1cnc2cn(-c3ccccc3)nc2c1. The van der Waals surface area contributed by atoms with Crippen LogP contribution in [0.2, 0.25) is 18.1 Å². The van der Waals surface area contributed by atoms with Crippen LogP contribution >= 0.6 is 0 Å². The lowest BCUT2D eigenvalue weighted by Gasteiger charge is -2.38. The highest BCUT2D eigenvalue weighted by molar-refractivity contribution is 6.74. The van der Waals surface area contributed by atoms with Gasteiger partial charge in [-0.15, -0.1) is 0 Å². The molecule has 0 aliphatic rings. The Labute approximate surface area is 151 Å². The molecule has 0 spiro atoms. The molecule has 0 fully saturated rings. The molecular weight excluding hydrogens is 326 g/mol. The number of hydrogen-bond donors (Lipinski definition) is 0. The van der Waals surface area contributed by atoms with Crippen LogP contribution in [0.15, 0.2) is 48.8 Å². The fourth-order valence-electron chi connectivity index (χ4n) is 2.54. The number of nitrogens with zero attached hydrogens (tertiary/aromatic N) is 3. The van der Waals surface area contributed by atoms with Gasteiger partial charge in [0.1, 0.15) is 11.0 Å². The zero-order valence-corrected chi connectivity index (χ0v) is 16.9. The summed E-state index contributed by atoms with van der Waals surface area (Å²) in [4.78, 5) is 4.59. The van der Waals surface area contributed by atoms with Crippen LogP contribution in [0.5, 0.6) is 0 Å².